The van der Waals surface area contributed by atoms with Gasteiger partial charge in [0.05, 0.1) is 19.3 Å². The third-order valence-corrected chi connectivity index (χ3v) is 5.28. The van der Waals surface area contributed by atoms with Gasteiger partial charge in [-0.1, -0.05) is 80.1 Å². The summed E-state index contributed by atoms with van der Waals surface area (Å²) in [5.74, 6) is 1.53. The molecule has 32 heavy (non-hydrogen) atoms. The van der Waals surface area contributed by atoms with E-state index in [1.54, 1.807) is 0 Å². The fraction of sp³-hybridized carbons (Fsp3) is 0.321. The molecule has 0 aliphatic heterocycles. The van der Waals surface area contributed by atoms with Crippen molar-refractivity contribution in [2.24, 2.45) is 0 Å². The lowest BCUT2D eigenvalue weighted by Gasteiger charge is -2.20. The molecule has 3 rings (SSSR count). The van der Waals surface area contributed by atoms with Gasteiger partial charge < -0.3 is 14.8 Å². The molecule has 0 saturated heterocycles. The molecule has 0 fully saturated rings. The molecule has 0 saturated carbocycles. The number of carbonyl (C=O) groups excluding carboxylic acids is 1. The van der Waals surface area contributed by atoms with Crippen molar-refractivity contribution in [2.75, 3.05) is 13.2 Å². The molecule has 3 aromatic carbocycles. The molecule has 0 bridgehead atoms. The van der Waals surface area contributed by atoms with Crippen LogP contribution in [0.3, 0.4) is 0 Å². The summed E-state index contributed by atoms with van der Waals surface area (Å²) in [4.78, 5) is 12.9. The van der Waals surface area contributed by atoms with Crippen LogP contribution >= 0.6 is 0 Å². The standard InChI is InChI=1S/C28H33NO3/c1-3-5-20-32-25-18-16-22(21-26(25)31-4-2)17-19-27(30)29-28(23-12-8-6-9-13-23)24-14-10-7-11-15-24/h6-16,18,21,28H,3-5,17,19-20H2,1-2H3,(H,29,30). The summed E-state index contributed by atoms with van der Waals surface area (Å²) < 4.78 is 11.6. The highest BCUT2D eigenvalue weighted by atomic mass is 16.5. The summed E-state index contributed by atoms with van der Waals surface area (Å²) in [5, 5.41) is 3.21. The Morgan fingerprint density at radius 3 is 2.09 bits per heavy atom. The lowest BCUT2D eigenvalue weighted by Crippen LogP contribution is -2.29. The molecule has 1 N–H and O–H groups in total. The summed E-state index contributed by atoms with van der Waals surface area (Å²) >= 11 is 0. The van der Waals surface area contributed by atoms with E-state index in [1.807, 2.05) is 85.8 Å². The Balaban J connectivity index is 1.65. The second-order valence-corrected chi connectivity index (χ2v) is 7.74. The van der Waals surface area contributed by atoms with Crippen molar-refractivity contribution in [3.63, 3.8) is 0 Å². The van der Waals surface area contributed by atoms with Crippen LogP contribution in [0.15, 0.2) is 78.9 Å². The van der Waals surface area contributed by atoms with E-state index in [9.17, 15) is 4.79 Å². The SMILES string of the molecule is CCCCOc1ccc(CCC(=O)NC(c2ccccc2)c2ccccc2)cc1OCC. The van der Waals surface area contributed by atoms with Crippen LogP contribution in [0.4, 0.5) is 0 Å². The second-order valence-electron chi connectivity index (χ2n) is 7.74. The van der Waals surface area contributed by atoms with E-state index in [1.165, 1.54) is 0 Å². The first-order valence-corrected chi connectivity index (χ1v) is 11.5. The number of nitrogens with one attached hydrogen (secondary N) is 1. The van der Waals surface area contributed by atoms with Gasteiger partial charge in [-0.2, -0.15) is 0 Å². The average Bonchev–Trinajstić information content (AvgIpc) is 2.84. The number of ether oxygens (including phenoxy) is 2. The van der Waals surface area contributed by atoms with E-state index in [0.717, 1.165) is 41.0 Å². The van der Waals surface area contributed by atoms with Crippen molar-refractivity contribution >= 4 is 5.91 Å². The fourth-order valence-corrected chi connectivity index (χ4v) is 3.56. The van der Waals surface area contributed by atoms with E-state index >= 15 is 0 Å². The largest absolute Gasteiger partial charge is 0.490 e. The molecule has 0 radical (unpaired) electrons. The Kier molecular flexibility index (Phi) is 9.18. The van der Waals surface area contributed by atoms with Gasteiger partial charge in [0.15, 0.2) is 11.5 Å². The third-order valence-electron chi connectivity index (χ3n) is 5.28. The number of amides is 1. The van der Waals surface area contributed by atoms with E-state index in [-0.39, 0.29) is 11.9 Å². The Bertz CT molecular complexity index is 917. The minimum Gasteiger partial charge on any atom is -0.490 e. The van der Waals surface area contributed by atoms with Gasteiger partial charge in [0.1, 0.15) is 0 Å². The van der Waals surface area contributed by atoms with E-state index in [2.05, 4.69) is 12.2 Å². The van der Waals surface area contributed by atoms with Gasteiger partial charge >= 0.3 is 0 Å². The van der Waals surface area contributed by atoms with Crippen LogP contribution in [0.2, 0.25) is 0 Å². The molecule has 4 nitrogen and oxygen atoms in total. The van der Waals surface area contributed by atoms with Crippen LogP contribution in [-0.4, -0.2) is 19.1 Å². The fourth-order valence-electron chi connectivity index (χ4n) is 3.56. The van der Waals surface area contributed by atoms with Crippen molar-refractivity contribution in [1.82, 2.24) is 5.32 Å². The molecule has 0 spiro atoms. The van der Waals surface area contributed by atoms with Gasteiger partial charge in [0, 0.05) is 6.42 Å². The zero-order valence-corrected chi connectivity index (χ0v) is 19.1. The Morgan fingerprint density at radius 1 is 0.844 bits per heavy atom. The van der Waals surface area contributed by atoms with Crippen LogP contribution in [0.1, 0.15) is 55.8 Å². The van der Waals surface area contributed by atoms with Crippen molar-refractivity contribution in [1.29, 1.82) is 0 Å². The summed E-state index contributed by atoms with van der Waals surface area (Å²) in [7, 11) is 0. The molecule has 0 aliphatic rings. The first-order chi connectivity index (χ1) is 15.7. The Labute approximate surface area is 191 Å². The van der Waals surface area contributed by atoms with Crippen LogP contribution in [0, 0.1) is 0 Å². The maximum atomic E-state index is 12.9. The van der Waals surface area contributed by atoms with E-state index in [0.29, 0.717) is 26.1 Å². The molecule has 1 amide bonds. The molecule has 0 atom stereocenters. The molecule has 3 aromatic rings. The third kappa shape index (κ3) is 6.88. The summed E-state index contributed by atoms with van der Waals surface area (Å²) in [5.41, 5.74) is 3.20. The normalized spacial score (nSPS) is 10.7. The number of unbranched alkanes of at least 4 members (excludes halogenated alkanes) is 1. The lowest BCUT2D eigenvalue weighted by atomic mass is 9.98. The minimum absolute atomic E-state index is 0.0175. The highest BCUT2D eigenvalue weighted by Gasteiger charge is 2.17. The summed E-state index contributed by atoms with van der Waals surface area (Å²) in [6, 6.07) is 25.9. The van der Waals surface area contributed by atoms with Gasteiger partial charge in [-0.25, -0.2) is 0 Å². The molecule has 0 aromatic heterocycles. The van der Waals surface area contributed by atoms with Crippen LogP contribution < -0.4 is 14.8 Å². The predicted octanol–water partition coefficient (Wildman–Crippen LogP) is 6.10. The van der Waals surface area contributed by atoms with Gasteiger partial charge in [-0.3, -0.25) is 4.79 Å². The van der Waals surface area contributed by atoms with E-state index in [4.69, 9.17) is 9.47 Å². The molecular formula is C28H33NO3. The van der Waals surface area contributed by atoms with E-state index < -0.39 is 0 Å². The smallest absolute Gasteiger partial charge is 0.221 e. The number of aryl methyl sites for hydroxylation is 1. The van der Waals surface area contributed by atoms with Crippen LogP contribution in [0.5, 0.6) is 11.5 Å². The van der Waals surface area contributed by atoms with Crippen LogP contribution in [-0.2, 0) is 11.2 Å². The van der Waals surface area contributed by atoms with Crippen molar-refractivity contribution in [3.8, 4) is 11.5 Å². The maximum absolute atomic E-state index is 12.9. The van der Waals surface area contributed by atoms with Gasteiger partial charge in [-0.05, 0) is 48.6 Å². The average molecular weight is 432 g/mol. The monoisotopic (exact) mass is 431 g/mol. The Hall–Kier alpha value is -3.27. The molecule has 4 heteroatoms. The van der Waals surface area contributed by atoms with Gasteiger partial charge in [0.2, 0.25) is 5.91 Å². The first kappa shape index (κ1) is 23.4. The zero-order chi connectivity index (χ0) is 22.6. The first-order valence-electron chi connectivity index (χ1n) is 11.5. The zero-order valence-electron chi connectivity index (χ0n) is 19.1. The molecular weight excluding hydrogens is 398 g/mol. The van der Waals surface area contributed by atoms with Crippen molar-refractivity contribution in [3.05, 3.63) is 95.6 Å². The number of benzene rings is 3. The second kappa shape index (κ2) is 12.6. The van der Waals surface area contributed by atoms with Gasteiger partial charge in [-0.15, -0.1) is 0 Å². The van der Waals surface area contributed by atoms with Crippen LogP contribution in [0.25, 0.3) is 0 Å². The van der Waals surface area contributed by atoms with Crippen molar-refractivity contribution in [2.45, 2.75) is 45.6 Å². The topological polar surface area (TPSA) is 47.6 Å². The lowest BCUT2D eigenvalue weighted by molar-refractivity contribution is -0.121. The Morgan fingerprint density at radius 2 is 1.50 bits per heavy atom. The molecule has 0 heterocycles. The van der Waals surface area contributed by atoms with Gasteiger partial charge in [0.25, 0.3) is 0 Å². The highest BCUT2D eigenvalue weighted by molar-refractivity contribution is 5.77. The van der Waals surface area contributed by atoms with Crippen molar-refractivity contribution < 1.29 is 14.3 Å². The number of carbonyl (C=O) groups is 1. The molecule has 168 valence electrons. The number of hydrogen-bond acceptors (Lipinski definition) is 3. The summed E-state index contributed by atoms with van der Waals surface area (Å²) in [6.07, 6.45) is 3.14. The summed E-state index contributed by atoms with van der Waals surface area (Å²) in [6.45, 7) is 5.35. The predicted molar refractivity (Wildman–Crippen MR) is 129 cm³/mol. The number of rotatable bonds is 12. The minimum atomic E-state index is -0.168. The highest BCUT2D eigenvalue weighted by Crippen LogP contribution is 2.29. The molecule has 0 unspecified atom stereocenters. The maximum Gasteiger partial charge on any atom is 0.221 e. The molecule has 0 aliphatic carbocycles. The number of hydrogen-bond donors (Lipinski definition) is 1. The quantitative estimate of drug-likeness (QED) is 0.352.